The summed E-state index contributed by atoms with van der Waals surface area (Å²) in [6, 6.07) is 21.0. The molecule has 158 valence electrons. The van der Waals surface area contributed by atoms with Crippen molar-refractivity contribution in [1.82, 2.24) is 4.98 Å². The number of anilines is 2. The molecule has 31 heavy (non-hydrogen) atoms. The zero-order chi connectivity index (χ0) is 21.5. The molecule has 1 aliphatic rings. The number of hydrogen-bond donors (Lipinski definition) is 1. The smallest absolute Gasteiger partial charge is 0.256 e. The van der Waals surface area contributed by atoms with E-state index in [0.29, 0.717) is 30.2 Å². The van der Waals surface area contributed by atoms with Crippen molar-refractivity contribution in [2.45, 2.75) is 0 Å². The summed E-state index contributed by atoms with van der Waals surface area (Å²) in [5, 5.41) is 2.97. The van der Waals surface area contributed by atoms with Gasteiger partial charge in [0.2, 0.25) is 0 Å². The fourth-order valence-corrected chi connectivity index (χ4v) is 3.48. The maximum absolute atomic E-state index is 13.2. The Bertz CT molecular complexity index is 1040. The van der Waals surface area contributed by atoms with Gasteiger partial charge >= 0.3 is 0 Å². The maximum Gasteiger partial charge on any atom is 0.256 e. The van der Waals surface area contributed by atoms with Gasteiger partial charge in [-0.1, -0.05) is 48.5 Å². The second kappa shape index (κ2) is 9.91. The lowest BCUT2D eigenvalue weighted by atomic mass is 10.0. The molecule has 2 heterocycles. The molecule has 4 rings (SSSR count). The van der Waals surface area contributed by atoms with Crippen LogP contribution in [-0.2, 0) is 9.53 Å². The number of para-hydroxylation sites is 1. The van der Waals surface area contributed by atoms with E-state index in [2.05, 4.69) is 15.2 Å². The minimum Gasteiger partial charge on any atom is -0.496 e. The van der Waals surface area contributed by atoms with Crippen LogP contribution in [0.4, 0.5) is 11.5 Å². The molecule has 6 nitrogen and oxygen atoms in total. The van der Waals surface area contributed by atoms with Gasteiger partial charge < -0.3 is 19.7 Å². The molecule has 3 aromatic rings. The average molecular weight is 415 g/mol. The van der Waals surface area contributed by atoms with Crippen LogP contribution < -0.4 is 15.0 Å². The highest BCUT2D eigenvalue weighted by atomic mass is 16.5. The number of morpholine rings is 1. The third-order valence-corrected chi connectivity index (χ3v) is 5.11. The molecular formula is C25H25N3O3. The Morgan fingerprint density at radius 2 is 1.77 bits per heavy atom. The fourth-order valence-electron chi connectivity index (χ4n) is 3.48. The first-order chi connectivity index (χ1) is 15.2. The fraction of sp³-hybridized carbons (Fsp3) is 0.200. The van der Waals surface area contributed by atoms with Gasteiger partial charge in [-0.25, -0.2) is 4.98 Å². The number of carbonyl (C=O) groups is 1. The highest BCUT2D eigenvalue weighted by molar-refractivity contribution is 6.29. The van der Waals surface area contributed by atoms with E-state index in [1.54, 1.807) is 13.3 Å². The van der Waals surface area contributed by atoms with Crippen LogP contribution in [0, 0.1) is 0 Å². The van der Waals surface area contributed by atoms with Gasteiger partial charge in [0.05, 0.1) is 32.2 Å². The van der Waals surface area contributed by atoms with Crippen molar-refractivity contribution in [3.05, 3.63) is 84.1 Å². The van der Waals surface area contributed by atoms with Crippen LogP contribution in [0.2, 0.25) is 0 Å². The molecule has 0 unspecified atom stereocenters. The topological polar surface area (TPSA) is 63.7 Å². The van der Waals surface area contributed by atoms with Crippen LogP contribution in [0.5, 0.6) is 5.75 Å². The van der Waals surface area contributed by atoms with Gasteiger partial charge in [-0.3, -0.25) is 4.79 Å². The minimum absolute atomic E-state index is 0.210. The van der Waals surface area contributed by atoms with Gasteiger partial charge in [0.1, 0.15) is 11.6 Å². The summed E-state index contributed by atoms with van der Waals surface area (Å²) >= 11 is 0. The zero-order valence-electron chi connectivity index (χ0n) is 17.5. The van der Waals surface area contributed by atoms with Gasteiger partial charge in [0, 0.05) is 24.2 Å². The largest absolute Gasteiger partial charge is 0.496 e. The summed E-state index contributed by atoms with van der Waals surface area (Å²) in [5.74, 6) is 1.38. The second-order valence-electron chi connectivity index (χ2n) is 7.12. The van der Waals surface area contributed by atoms with E-state index >= 15 is 0 Å². The van der Waals surface area contributed by atoms with Crippen LogP contribution >= 0.6 is 0 Å². The summed E-state index contributed by atoms with van der Waals surface area (Å²) < 4.78 is 10.8. The number of rotatable bonds is 6. The molecule has 0 radical (unpaired) electrons. The highest BCUT2D eigenvalue weighted by Crippen LogP contribution is 2.26. The lowest BCUT2D eigenvalue weighted by Crippen LogP contribution is -2.36. The Hall–Kier alpha value is -3.64. The second-order valence-corrected chi connectivity index (χ2v) is 7.12. The lowest BCUT2D eigenvalue weighted by Gasteiger charge is -2.27. The predicted octanol–water partition coefficient (Wildman–Crippen LogP) is 4.11. The van der Waals surface area contributed by atoms with Crippen LogP contribution in [-0.4, -0.2) is 44.3 Å². The molecule has 1 saturated heterocycles. The number of benzene rings is 2. The van der Waals surface area contributed by atoms with Crippen molar-refractivity contribution < 1.29 is 14.3 Å². The van der Waals surface area contributed by atoms with Gasteiger partial charge in [0.15, 0.2) is 0 Å². The Balaban J connectivity index is 1.58. The van der Waals surface area contributed by atoms with E-state index in [0.717, 1.165) is 30.0 Å². The van der Waals surface area contributed by atoms with Gasteiger partial charge in [-0.15, -0.1) is 0 Å². The molecule has 6 heteroatoms. The lowest BCUT2D eigenvalue weighted by molar-refractivity contribution is -0.111. The van der Waals surface area contributed by atoms with E-state index in [9.17, 15) is 4.79 Å². The summed E-state index contributed by atoms with van der Waals surface area (Å²) in [7, 11) is 1.62. The average Bonchev–Trinajstić information content (AvgIpc) is 2.84. The van der Waals surface area contributed by atoms with Crippen LogP contribution in [0.3, 0.4) is 0 Å². The Kier molecular flexibility index (Phi) is 6.59. The number of aromatic nitrogens is 1. The molecule has 2 aromatic carbocycles. The molecule has 0 spiro atoms. The minimum atomic E-state index is -0.210. The third-order valence-electron chi connectivity index (χ3n) is 5.11. The number of pyridine rings is 1. The summed E-state index contributed by atoms with van der Waals surface area (Å²) in [6.45, 7) is 3.04. The van der Waals surface area contributed by atoms with E-state index in [4.69, 9.17) is 9.47 Å². The van der Waals surface area contributed by atoms with Crippen molar-refractivity contribution >= 4 is 29.1 Å². The van der Waals surface area contributed by atoms with Gasteiger partial charge in [-0.2, -0.15) is 0 Å². The summed E-state index contributed by atoms with van der Waals surface area (Å²) in [5.41, 5.74) is 2.84. The molecule has 1 aromatic heterocycles. The number of nitrogens with one attached hydrogen (secondary N) is 1. The van der Waals surface area contributed by atoms with Gasteiger partial charge in [0.25, 0.3) is 5.91 Å². The quantitative estimate of drug-likeness (QED) is 0.485. The molecule has 0 bridgehead atoms. The molecule has 1 aliphatic heterocycles. The number of amides is 1. The molecule has 1 N–H and O–H groups in total. The number of hydrogen-bond acceptors (Lipinski definition) is 5. The molecule has 0 saturated carbocycles. The van der Waals surface area contributed by atoms with Crippen molar-refractivity contribution in [2.75, 3.05) is 43.6 Å². The normalized spacial score (nSPS) is 14.2. The number of carbonyl (C=O) groups excluding carboxylic acids is 1. The van der Waals surface area contributed by atoms with Crippen molar-refractivity contribution in [3.63, 3.8) is 0 Å². The van der Waals surface area contributed by atoms with E-state index < -0.39 is 0 Å². The molecule has 0 aliphatic carbocycles. The summed E-state index contributed by atoms with van der Waals surface area (Å²) in [6.07, 6.45) is 3.54. The molecule has 1 fully saturated rings. The maximum atomic E-state index is 13.2. The Morgan fingerprint density at radius 1 is 1.03 bits per heavy atom. The number of methoxy groups -OCH3 is 1. The van der Waals surface area contributed by atoms with Crippen LogP contribution in [0.25, 0.3) is 11.6 Å². The predicted molar refractivity (Wildman–Crippen MR) is 123 cm³/mol. The zero-order valence-corrected chi connectivity index (χ0v) is 17.5. The summed E-state index contributed by atoms with van der Waals surface area (Å²) in [4.78, 5) is 19.9. The van der Waals surface area contributed by atoms with Gasteiger partial charge in [-0.05, 0) is 29.8 Å². The number of ether oxygens (including phenoxy) is 2. The Labute approximate surface area is 182 Å². The van der Waals surface area contributed by atoms with E-state index in [1.807, 2.05) is 72.8 Å². The van der Waals surface area contributed by atoms with Crippen LogP contribution in [0.1, 0.15) is 11.1 Å². The number of nitrogens with zero attached hydrogens (tertiary/aromatic N) is 2. The SMILES string of the molecule is COc1ccccc1/C=C(/C(=O)Nc1ccc(N2CCOCC2)nc1)c1ccccc1. The molecule has 0 atom stereocenters. The highest BCUT2D eigenvalue weighted by Gasteiger charge is 2.15. The monoisotopic (exact) mass is 415 g/mol. The van der Waals surface area contributed by atoms with Crippen molar-refractivity contribution in [2.24, 2.45) is 0 Å². The van der Waals surface area contributed by atoms with Crippen molar-refractivity contribution in [3.8, 4) is 5.75 Å². The molecule has 1 amide bonds. The molecular weight excluding hydrogens is 390 g/mol. The van der Waals surface area contributed by atoms with E-state index in [-0.39, 0.29) is 5.91 Å². The van der Waals surface area contributed by atoms with Crippen molar-refractivity contribution in [1.29, 1.82) is 0 Å². The standard InChI is InChI=1S/C25H25N3O3/c1-30-23-10-6-5-9-20(23)17-22(19-7-3-2-4-8-19)25(29)27-21-11-12-24(26-18-21)28-13-15-31-16-14-28/h2-12,17-18H,13-16H2,1H3,(H,27,29)/b22-17+. The first-order valence-corrected chi connectivity index (χ1v) is 10.2. The first-order valence-electron chi connectivity index (χ1n) is 10.2. The third kappa shape index (κ3) is 5.10. The van der Waals surface area contributed by atoms with E-state index in [1.165, 1.54) is 0 Å². The Morgan fingerprint density at radius 3 is 2.48 bits per heavy atom. The van der Waals surface area contributed by atoms with Crippen LogP contribution in [0.15, 0.2) is 72.9 Å². The first kappa shape index (κ1) is 20.6.